The Labute approximate surface area is 156 Å². The molecule has 0 saturated carbocycles. The van der Waals surface area contributed by atoms with Gasteiger partial charge in [0.15, 0.2) is 6.61 Å². The minimum atomic E-state index is -0.907. The van der Waals surface area contributed by atoms with Gasteiger partial charge in [-0.3, -0.25) is 4.79 Å². The van der Waals surface area contributed by atoms with Crippen LogP contribution in [0.1, 0.15) is 21.5 Å². The van der Waals surface area contributed by atoms with E-state index in [0.29, 0.717) is 5.56 Å². The zero-order chi connectivity index (χ0) is 19.8. The Hall–Kier alpha value is -3.35. The second kappa shape index (κ2) is 9.38. The fraction of sp³-hybridized carbons (Fsp3) is 0.250. The van der Waals surface area contributed by atoms with Crippen molar-refractivity contribution in [3.63, 3.8) is 0 Å². The van der Waals surface area contributed by atoms with Crippen molar-refractivity contribution in [3.05, 3.63) is 65.2 Å². The first kappa shape index (κ1) is 20.0. The molecule has 0 unspecified atom stereocenters. The summed E-state index contributed by atoms with van der Waals surface area (Å²) in [5, 5.41) is 12.4. The number of benzene rings is 2. The lowest BCUT2D eigenvalue weighted by molar-refractivity contribution is -0.145. The number of phenols is 1. The first-order valence-electron chi connectivity index (χ1n) is 8.29. The van der Waals surface area contributed by atoms with Gasteiger partial charge >= 0.3 is 11.9 Å². The number of hydrogen-bond donors (Lipinski definition) is 2. The van der Waals surface area contributed by atoms with Crippen LogP contribution in [0.5, 0.6) is 5.75 Å². The molecule has 2 rings (SSSR count). The van der Waals surface area contributed by atoms with Crippen LogP contribution in [0.3, 0.4) is 0 Å². The average molecular weight is 371 g/mol. The lowest BCUT2D eigenvalue weighted by atomic mass is 10.1. The van der Waals surface area contributed by atoms with E-state index in [1.54, 1.807) is 19.1 Å². The van der Waals surface area contributed by atoms with Crippen LogP contribution in [0.15, 0.2) is 48.5 Å². The number of ether oxygens (including phenoxy) is 2. The standard InChI is InChI=1S/C20H21NO6/c1-13-7-6-10-15(18(13)23)19(24)27-12-17(22)21-16(20(25)26-2)11-14-8-4-3-5-9-14/h3-10,16,23H,11-12H2,1-2H3,(H,21,22)/t16-/m1/s1. The van der Waals surface area contributed by atoms with Gasteiger partial charge in [0.25, 0.3) is 5.91 Å². The molecule has 2 aromatic carbocycles. The van der Waals surface area contributed by atoms with Gasteiger partial charge < -0.3 is 19.9 Å². The third-order valence-electron chi connectivity index (χ3n) is 3.90. The van der Waals surface area contributed by atoms with E-state index in [-0.39, 0.29) is 17.7 Å². The summed E-state index contributed by atoms with van der Waals surface area (Å²) in [6.07, 6.45) is 0.242. The van der Waals surface area contributed by atoms with Gasteiger partial charge in [-0.25, -0.2) is 9.59 Å². The van der Waals surface area contributed by atoms with Crippen molar-refractivity contribution < 1.29 is 29.0 Å². The van der Waals surface area contributed by atoms with Crippen molar-refractivity contribution in [1.29, 1.82) is 0 Å². The minimum absolute atomic E-state index is 0.0309. The highest BCUT2D eigenvalue weighted by atomic mass is 16.5. The Balaban J connectivity index is 1.96. The Morgan fingerprint density at radius 1 is 1.07 bits per heavy atom. The highest BCUT2D eigenvalue weighted by molar-refractivity contribution is 5.94. The van der Waals surface area contributed by atoms with E-state index in [2.05, 4.69) is 5.32 Å². The first-order chi connectivity index (χ1) is 12.9. The number of rotatable bonds is 7. The van der Waals surface area contributed by atoms with E-state index in [0.717, 1.165) is 5.56 Å². The van der Waals surface area contributed by atoms with Gasteiger partial charge in [0.05, 0.1) is 7.11 Å². The molecule has 142 valence electrons. The van der Waals surface area contributed by atoms with Crippen LogP contribution in [0.25, 0.3) is 0 Å². The molecule has 0 aliphatic carbocycles. The lowest BCUT2D eigenvalue weighted by Crippen LogP contribution is -2.44. The van der Waals surface area contributed by atoms with Crippen molar-refractivity contribution in [2.24, 2.45) is 0 Å². The maximum Gasteiger partial charge on any atom is 0.342 e. The van der Waals surface area contributed by atoms with Gasteiger partial charge in [0.1, 0.15) is 17.4 Å². The van der Waals surface area contributed by atoms with Gasteiger partial charge in [-0.1, -0.05) is 42.5 Å². The Bertz CT molecular complexity index is 818. The Morgan fingerprint density at radius 2 is 1.78 bits per heavy atom. The molecule has 0 aromatic heterocycles. The summed E-state index contributed by atoms with van der Waals surface area (Å²) in [6.45, 7) is 1.05. The van der Waals surface area contributed by atoms with Crippen LogP contribution >= 0.6 is 0 Å². The number of amides is 1. The number of esters is 2. The monoisotopic (exact) mass is 371 g/mol. The quantitative estimate of drug-likeness (QED) is 0.719. The van der Waals surface area contributed by atoms with Crippen LogP contribution in [-0.2, 0) is 25.5 Å². The molecule has 7 nitrogen and oxygen atoms in total. The molecule has 0 aliphatic heterocycles. The van der Waals surface area contributed by atoms with E-state index in [4.69, 9.17) is 9.47 Å². The molecule has 0 saturated heterocycles. The predicted octanol–water partition coefficient (Wildman–Crippen LogP) is 1.76. The topological polar surface area (TPSA) is 102 Å². The fourth-order valence-electron chi connectivity index (χ4n) is 2.45. The largest absolute Gasteiger partial charge is 0.507 e. The summed E-state index contributed by atoms with van der Waals surface area (Å²) >= 11 is 0. The van der Waals surface area contributed by atoms with Crippen LogP contribution in [0.4, 0.5) is 0 Å². The van der Waals surface area contributed by atoms with Crippen LogP contribution in [0.2, 0.25) is 0 Å². The second-order valence-electron chi connectivity index (χ2n) is 5.88. The number of aromatic hydroxyl groups is 1. The molecule has 2 aromatic rings. The number of hydrogen-bond acceptors (Lipinski definition) is 6. The zero-order valence-corrected chi connectivity index (χ0v) is 15.1. The number of methoxy groups -OCH3 is 1. The third-order valence-corrected chi connectivity index (χ3v) is 3.90. The molecule has 2 N–H and O–H groups in total. The summed E-state index contributed by atoms with van der Waals surface area (Å²) in [7, 11) is 1.23. The molecular formula is C20H21NO6. The predicted molar refractivity (Wildman–Crippen MR) is 97.2 cm³/mol. The summed E-state index contributed by atoms with van der Waals surface area (Å²) < 4.78 is 9.64. The van der Waals surface area contributed by atoms with E-state index in [1.165, 1.54) is 13.2 Å². The second-order valence-corrected chi connectivity index (χ2v) is 5.88. The molecule has 0 heterocycles. The van der Waals surface area contributed by atoms with E-state index in [1.807, 2.05) is 30.3 Å². The van der Waals surface area contributed by atoms with E-state index in [9.17, 15) is 19.5 Å². The SMILES string of the molecule is COC(=O)[C@@H](Cc1ccccc1)NC(=O)COC(=O)c1cccc(C)c1O. The molecule has 1 amide bonds. The molecule has 7 heteroatoms. The third kappa shape index (κ3) is 5.57. The number of phenolic OH excluding ortho intramolecular Hbond substituents is 1. The molecule has 0 aliphatic rings. The minimum Gasteiger partial charge on any atom is -0.507 e. The highest BCUT2D eigenvalue weighted by Gasteiger charge is 2.23. The van der Waals surface area contributed by atoms with E-state index >= 15 is 0 Å². The average Bonchev–Trinajstić information content (AvgIpc) is 2.68. The van der Waals surface area contributed by atoms with Crippen molar-refractivity contribution >= 4 is 17.8 Å². The molecular weight excluding hydrogens is 350 g/mol. The van der Waals surface area contributed by atoms with Crippen molar-refractivity contribution in [2.75, 3.05) is 13.7 Å². The first-order valence-corrected chi connectivity index (χ1v) is 8.29. The van der Waals surface area contributed by atoms with Crippen molar-refractivity contribution in [2.45, 2.75) is 19.4 Å². The van der Waals surface area contributed by atoms with Gasteiger partial charge in [0, 0.05) is 6.42 Å². The summed E-state index contributed by atoms with van der Waals surface area (Å²) in [5.41, 5.74) is 1.33. The number of para-hydroxylation sites is 1. The summed E-state index contributed by atoms with van der Waals surface area (Å²) in [4.78, 5) is 36.0. The van der Waals surface area contributed by atoms with Crippen molar-refractivity contribution in [3.8, 4) is 5.75 Å². The van der Waals surface area contributed by atoms with Crippen LogP contribution < -0.4 is 5.32 Å². The number of carbonyl (C=O) groups excluding carboxylic acids is 3. The number of aryl methyl sites for hydroxylation is 1. The van der Waals surface area contributed by atoms with Crippen LogP contribution in [0, 0.1) is 6.92 Å². The smallest absolute Gasteiger partial charge is 0.342 e. The number of nitrogens with one attached hydrogen (secondary N) is 1. The summed E-state index contributed by atoms with van der Waals surface area (Å²) in [6, 6.07) is 12.9. The van der Waals surface area contributed by atoms with Gasteiger partial charge in [-0.15, -0.1) is 0 Å². The maximum absolute atomic E-state index is 12.1. The lowest BCUT2D eigenvalue weighted by Gasteiger charge is -2.16. The maximum atomic E-state index is 12.1. The fourth-order valence-corrected chi connectivity index (χ4v) is 2.45. The summed E-state index contributed by atoms with van der Waals surface area (Å²) in [5.74, 6) is -2.28. The molecule has 0 fully saturated rings. The van der Waals surface area contributed by atoms with E-state index < -0.39 is 30.5 Å². The molecule has 0 radical (unpaired) electrons. The van der Waals surface area contributed by atoms with Crippen molar-refractivity contribution in [1.82, 2.24) is 5.32 Å². The Morgan fingerprint density at radius 3 is 2.44 bits per heavy atom. The highest BCUT2D eigenvalue weighted by Crippen LogP contribution is 2.21. The number of carbonyl (C=O) groups is 3. The molecule has 0 bridgehead atoms. The van der Waals surface area contributed by atoms with Gasteiger partial charge in [-0.05, 0) is 24.1 Å². The zero-order valence-electron chi connectivity index (χ0n) is 15.1. The van der Waals surface area contributed by atoms with Gasteiger partial charge in [-0.2, -0.15) is 0 Å². The molecule has 0 spiro atoms. The normalized spacial score (nSPS) is 11.3. The van der Waals surface area contributed by atoms with Gasteiger partial charge in [0.2, 0.25) is 0 Å². The van der Waals surface area contributed by atoms with Crippen LogP contribution in [-0.4, -0.2) is 42.7 Å². The Kier molecular flexibility index (Phi) is 6.93. The molecule has 1 atom stereocenters. The molecule has 27 heavy (non-hydrogen) atoms.